The van der Waals surface area contributed by atoms with Crippen LogP contribution in [0.5, 0.6) is 5.75 Å². The molecule has 5 rings (SSSR count). The van der Waals surface area contributed by atoms with E-state index in [2.05, 4.69) is 16.7 Å². The maximum atomic E-state index is 12.7. The van der Waals surface area contributed by atoms with Gasteiger partial charge >= 0.3 is 0 Å². The van der Waals surface area contributed by atoms with Gasteiger partial charge in [0.1, 0.15) is 11.3 Å². The second-order valence-electron chi connectivity index (χ2n) is 8.40. The van der Waals surface area contributed by atoms with Gasteiger partial charge in [-0.3, -0.25) is 9.59 Å². The van der Waals surface area contributed by atoms with Crippen LogP contribution in [0.25, 0.3) is 0 Å². The predicted octanol–water partition coefficient (Wildman–Crippen LogP) is 0.594. The molecular formula is C20H24N2O4. The molecule has 138 valence electrons. The molecule has 4 aliphatic rings. The molecule has 2 bridgehead atoms. The van der Waals surface area contributed by atoms with Crippen LogP contribution in [0.3, 0.4) is 0 Å². The molecule has 1 aromatic rings. The number of carbonyl (C=O) groups is 2. The Bertz CT molecular complexity index is 824. The zero-order chi connectivity index (χ0) is 18.2. The molecule has 2 heterocycles. The second-order valence-corrected chi connectivity index (χ2v) is 8.40. The van der Waals surface area contributed by atoms with E-state index in [1.807, 2.05) is 12.1 Å². The molecule has 2 aliphatic carbocycles. The van der Waals surface area contributed by atoms with Gasteiger partial charge in [0.15, 0.2) is 5.78 Å². The number of ketones is 1. The number of hydrogen-bond acceptors (Lipinski definition) is 5. The number of rotatable bonds is 1. The number of piperidine rings is 1. The summed E-state index contributed by atoms with van der Waals surface area (Å²) in [7, 11) is 1.64. The largest absolute Gasteiger partial charge is 0.497 e. The van der Waals surface area contributed by atoms with Gasteiger partial charge in [-0.25, -0.2) is 0 Å². The molecule has 2 aliphatic heterocycles. The third-order valence-corrected chi connectivity index (χ3v) is 7.37. The van der Waals surface area contributed by atoms with Crippen LogP contribution >= 0.6 is 0 Å². The maximum absolute atomic E-state index is 12.7. The summed E-state index contributed by atoms with van der Waals surface area (Å²) in [5.41, 5.74) is -0.00486. The highest BCUT2D eigenvalue weighted by Crippen LogP contribution is 2.59. The Balaban J connectivity index is 1.70. The number of fused-ring (bicyclic) bond motifs is 1. The summed E-state index contributed by atoms with van der Waals surface area (Å²) in [6, 6.07) is 6.03. The van der Waals surface area contributed by atoms with Gasteiger partial charge in [0.05, 0.1) is 19.1 Å². The van der Waals surface area contributed by atoms with Crippen LogP contribution in [0.1, 0.15) is 43.2 Å². The van der Waals surface area contributed by atoms with Gasteiger partial charge in [-0.15, -0.1) is 0 Å². The van der Waals surface area contributed by atoms with E-state index < -0.39 is 16.6 Å². The zero-order valence-corrected chi connectivity index (χ0v) is 14.9. The van der Waals surface area contributed by atoms with Crippen molar-refractivity contribution in [3.05, 3.63) is 29.3 Å². The summed E-state index contributed by atoms with van der Waals surface area (Å²) in [6.45, 7) is 0.793. The van der Waals surface area contributed by atoms with Gasteiger partial charge in [-0.05, 0) is 61.9 Å². The van der Waals surface area contributed by atoms with E-state index in [4.69, 9.17) is 4.74 Å². The number of ether oxygens (including phenoxy) is 1. The molecule has 26 heavy (non-hydrogen) atoms. The Morgan fingerprint density at radius 2 is 2.08 bits per heavy atom. The highest BCUT2D eigenvalue weighted by atomic mass is 16.5. The van der Waals surface area contributed by atoms with Crippen molar-refractivity contribution in [2.24, 2.45) is 0 Å². The van der Waals surface area contributed by atoms with Crippen molar-refractivity contribution in [1.82, 2.24) is 10.6 Å². The smallest absolute Gasteiger partial charge is 0.228 e. The lowest BCUT2D eigenvalue weighted by Crippen LogP contribution is -2.75. The fourth-order valence-corrected chi connectivity index (χ4v) is 6.11. The molecule has 2 saturated heterocycles. The van der Waals surface area contributed by atoms with Gasteiger partial charge < -0.3 is 20.5 Å². The normalized spacial score (nSPS) is 40.8. The van der Waals surface area contributed by atoms with Crippen LogP contribution in [-0.4, -0.2) is 47.6 Å². The topological polar surface area (TPSA) is 87.7 Å². The van der Waals surface area contributed by atoms with Crippen molar-refractivity contribution in [3.8, 4) is 5.75 Å². The molecule has 3 N–H and O–H groups in total. The van der Waals surface area contributed by atoms with Crippen molar-refractivity contribution >= 4 is 11.7 Å². The van der Waals surface area contributed by atoms with Gasteiger partial charge in [0, 0.05) is 11.5 Å². The van der Waals surface area contributed by atoms with E-state index in [-0.39, 0.29) is 24.2 Å². The van der Waals surface area contributed by atoms with Gasteiger partial charge in [-0.1, -0.05) is 6.07 Å². The number of hydrogen-bond donors (Lipinski definition) is 3. The highest BCUT2D eigenvalue weighted by Gasteiger charge is 2.67. The number of carbonyl (C=O) groups excluding carboxylic acids is 2. The van der Waals surface area contributed by atoms with Crippen LogP contribution < -0.4 is 15.4 Å². The number of methoxy groups -OCH3 is 1. The van der Waals surface area contributed by atoms with E-state index in [9.17, 15) is 14.7 Å². The molecule has 6 heteroatoms. The fraction of sp³-hybridized carbons (Fsp3) is 0.600. The number of amides is 1. The zero-order valence-electron chi connectivity index (χ0n) is 14.9. The molecule has 1 saturated carbocycles. The first kappa shape index (κ1) is 16.3. The molecule has 1 aromatic carbocycles. The number of Topliss-reactive ketones (excluding diaryl/α,β-unsaturated/α-hetero) is 1. The fourth-order valence-electron chi connectivity index (χ4n) is 6.11. The Hall–Kier alpha value is -1.92. The summed E-state index contributed by atoms with van der Waals surface area (Å²) in [4.78, 5) is 24.7. The third-order valence-electron chi connectivity index (χ3n) is 7.37. The quantitative estimate of drug-likeness (QED) is 0.641. The average molecular weight is 356 g/mol. The van der Waals surface area contributed by atoms with Crippen molar-refractivity contribution in [2.45, 2.75) is 61.1 Å². The summed E-state index contributed by atoms with van der Waals surface area (Å²) in [5.74, 6) is 0.548. The lowest BCUT2D eigenvalue weighted by atomic mass is 9.47. The molecular weight excluding hydrogens is 332 g/mol. The van der Waals surface area contributed by atoms with E-state index >= 15 is 0 Å². The van der Waals surface area contributed by atoms with Crippen LogP contribution in [0.4, 0.5) is 0 Å². The van der Waals surface area contributed by atoms with Crippen molar-refractivity contribution < 1.29 is 19.4 Å². The summed E-state index contributed by atoms with van der Waals surface area (Å²) in [5, 5.41) is 18.3. The van der Waals surface area contributed by atoms with Crippen LogP contribution in [0, 0.1) is 0 Å². The Labute approximate surface area is 152 Å². The lowest BCUT2D eigenvalue weighted by molar-refractivity contribution is -0.151. The van der Waals surface area contributed by atoms with Gasteiger partial charge in [0.2, 0.25) is 5.91 Å². The minimum atomic E-state index is -0.913. The lowest BCUT2D eigenvalue weighted by Gasteiger charge is -2.63. The number of benzene rings is 1. The first-order valence-corrected chi connectivity index (χ1v) is 9.40. The second kappa shape index (κ2) is 5.08. The van der Waals surface area contributed by atoms with E-state index in [0.717, 1.165) is 30.7 Å². The molecule has 0 aromatic heterocycles. The van der Waals surface area contributed by atoms with E-state index in [0.29, 0.717) is 19.3 Å². The molecule has 6 nitrogen and oxygen atoms in total. The van der Waals surface area contributed by atoms with Crippen LogP contribution in [0.15, 0.2) is 18.2 Å². The van der Waals surface area contributed by atoms with Gasteiger partial charge in [0.25, 0.3) is 0 Å². The molecule has 4 atom stereocenters. The SMILES string of the molecule is COc1ccc2c(c1)[C@]13CCN[C@H](C2)[C@]1(O)CC[C@@]1(C3)NC(=O)CC1=O. The monoisotopic (exact) mass is 356 g/mol. The Kier molecular flexibility index (Phi) is 3.18. The molecule has 1 amide bonds. The first-order chi connectivity index (χ1) is 12.4. The van der Waals surface area contributed by atoms with Crippen LogP contribution in [-0.2, 0) is 21.4 Å². The van der Waals surface area contributed by atoms with Crippen LogP contribution in [0.2, 0.25) is 0 Å². The van der Waals surface area contributed by atoms with Crippen molar-refractivity contribution in [2.75, 3.05) is 13.7 Å². The Morgan fingerprint density at radius 1 is 1.23 bits per heavy atom. The third kappa shape index (κ3) is 1.84. The summed E-state index contributed by atoms with van der Waals surface area (Å²) in [6.07, 6.45) is 2.96. The Morgan fingerprint density at radius 3 is 2.81 bits per heavy atom. The molecule has 0 unspecified atom stereocenters. The standard InChI is InChI=1S/C20H24N2O4/c1-26-13-3-2-12-8-15-20(25)5-4-19(16(23)10-17(24)22-19)11-18(20,6-7-21-15)14(12)9-13/h2-3,9,15,21,25H,4-8,10-11H2,1H3,(H,22,24)/t15-,18-,19+,20-/m1/s1. The number of nitrogens with one attached hydrogen (secondary N) is 2. The van der Waals surface area contributed by atoms with Crippen molar-refractivity contribution in [3.63, 3.8) is 0 Å². The van der Waals surface area contributed by atoms with E-state index in [1.54, 1.807) is 7.11 Å². The molecule has 1 spiro atoms. The number of aliphatic hydroxyl groups is 1. The summed E-state index contributed by atoms with van der Waals surface area (Å²) >= 11 is 0. The van der Waals surface area contributed by atoms with Crippen molar-refractivity contribution in [1.29, 1.82) is 0 Å². The molecule has 0 radical (unpaired) electrons. The minimum absolute atomic E-state index is 0.0240. The maximum Gasteiger partial charge on any atom is 0.228 e. The average Bonchev–Trinajstić information content (AvgIpc) is 2.88. The first-order valence-electron chi connectivity index (χ1n) is 9.40. The predicted molar refractivity (Wildman–Crippen MR) is 94.1 cm³/mol. The van der Waals surface area contributed by atoms with E-state index in [1.165, 1.54) is 5.56 Å². The molecule has 3 fully saturated rings. The summed E-state index contributed by atoms with van der Waals surface area (Å²) < 4.78 is 5.45. The highest BCUT2D eigenvalue weighted by molar-refractivity contribution is 6.10. The minimum Gasteiger partial charge on any atom is -0.497 e. The van der Waals surface area contributed by atoms with Gasteiger partial charge in [-0.2, -0.15) is 0 Å².